The maximum Gasteiger partial charge on any atom is 0.310 e. The number of hydrogen-bond acceptors (Lipinski definition) is 4. The molecule has 23 heavy (non-hydrogen) atoms. The third-order valence-electron chi connectivity index (χ3n) is 4.22. The van der Waals surface area contributed by atoms with Gasteiger partial charge >= 0.3 is 5.97 Å². The first-order chi connectivity index (χ1) is 10.9. The molecule has 0 aliphatic heterocycles. The van der Waals surface area contributed by atoms with E-state index >= 15 is 0 Å². The summed E-state index contributed by atoms with van der Waals surface area (Å²) < 4.78 is 11.0. The normalized spacial score (nSPS) is 17.5. The molecule has 1 aliphatic carbocycles. The van der Waals surface area contributed by atoms with Crippen molar-refractivity contribution < 1.29 is 23.8 Å². The molecule has 1 unspecified atom stereocenters. The minimum Gasteiger partial charge on any atom is -0.481 e. The smallest absolute Gasteiger partial charge is 0.310 e. The van der Waals surface area contributed by atoms with Crippen LogP contribution in [0.3, 0.4) is 0 Å². The molecule has 6 nitrogen and oxygen atoms in total. The molecule has 1 atom stereocenters. The van der Waals surface area contributed by atoms with E-state index in [1.807, 2.05) is 13.8 Å². The number of nitrogens with one attached hydrogen (secondary N) is 1. The predicted molar refractivity (Wildman–Crippen MR) is 83.8 cm³/mol. The number of carboxylic acids is 1. The third-order valence-corrected chi connectivity index (χ3v) is 4.22. The number of furan rings is 1. The molecule has 2 N–H and O–H groups in total. The predicted octanol–water partition coefficient (Wildman–Crippen LogP) is 2.75. The summed E-state index contributed by atoms with van der Waals surface area (Å²) >= 11 is 0. The van der Waals surface area contributed by atoms with E-state index in [9.17, 15) is 14.7 Å². The van der Waals surface area contributed by atoms with Gasteiger partial charge in [-0.2, -0.15) is 0 Å². The number of carbonyl (C=O) groups excluding carboxylic acids is 1. The van der Waals surface area contributed by atoms with Gasteiger partial charge in [0.1, 0.15) is 11.8 Å². The average molecular weight is 323 g/mol. The van der Waals surface area contributed by atoms with Gasteiger partial charge in [-0.25, -0.2) is 0 Å². The lowest BCUT2D eigenvalue weighted by molar-refractivity contribution is -0.157. The van der Waals surface area contributed by atoms with Gasteiger partial charge in [0.25, 0.3) is 0 Å². The van der Waals surface area contributed by atoms with E-state index in [1.165, 1.54) is 0 Å². The van der Waals surface area contributed by atoms with E-state index < -0.39 is 17.4 Å². The van der Waals surface area contributed by atoms with Crippen LogP contribution < -0.4 is 5.32 Å². The molecule has 0 aromatic carbocycles. The quantitative estimate of drug-likeness (QED) is 0.729. The molecule has 128 valence electrons. The van der Waals surface area contributed by atoms with E-state index in [0.717, 1.165) is 6.42 Å². The zero-order valence-electron chi connectivity index (χ0n) is 13.7. The molecule has 0 saturated heterocycles. The molecule has 0 spiro atoms. The van der Waals surface area contributed by atoms with E-state index in [0.29, 0.717) is 37.7 Å². The average Bonchev–Trinajstić information content (AvgIpc) is 2.95. The van der Waals surface area contributed by atoms with E-state index in [2.05, 4.69) is 5.32 Å². The molecule has 1 aromatic rings. The van der Waals surface area contributed by atoms with Crippen LogP contribution in [0.15, 0.2) is 22.8 Å². The minimum absolute atomic E-state index is 0.00369. The fourth-order valence-electron chi connectivity index (χ4n) is 2.73. The van der Waals surface area contributed by atoms with Crippen LogP contribution in [0.4, 0.5) is 0 Å². The Morgan fingerprint density at radius 2 is 2.13 bits per heavy atom. The number of hydrogen-bond donors (Lipinski definition) is 2. The maximum atomic E-state index is 12.3. The Bertz CT molecular complexity index is 519. The van der Waals surface area contributed by atoms with Crippen molar-refractivity contribution in [1.82, 2.24) is 5.32 Å². The SMILES string of the molecule is CC(C)COCC(NC(=O)CC1(C(=O)O)CCC1)c1ccco1. The lowest BCUT2D eigenvalue weighted by atomic mass is 9.66. The van der Waals surface area contributed by atoms with Crippen LogP contribution in [0.1, 0.15) is 51.3 Å². The van der Waals surface area contributed by atoms with Crippen LogP contribution in [-0.4, -0.2) is 30.2 Å². The lowest BCUT2D eigenvalue weighted by Gasteiger charge is -2.37. The number of carboxylic acid groups (broad SMARTS) is 1. The number of carbonyl (C=O) groups is 2. The summed E-state index contributed by atoms with van der Waals surface area (Å²) in [4.78, 5) is 23.7. The molecule has 1 amide bonds. The first-order valence-electron chi connectivity index (χ1n) is 8.07. The Morgan fingerprint density at radius 1 is 1.39 bits per heavy atom. The molecule has 1 saturated carbocycles. The first kappa shape index (κ1) is 17.5. The van der Waals surface area contributed by atoms with Gasteiger partial charge in [0, 0.05) is 13.0 Å². The Morgan fingerprint density at radius 3 is 2.61 bits per heavy atom. The summed E-state index contributed by atoms with van der Waals surface area (Å²) in [5, 5.41) is 12.2. The van der Waals surface area contributed by atoms with Gasteiger partial charge in [-0.3, -0.25) is 9.59 Å². The van der Waals surface area contributed by atoms with E-state index in [4.69, 9.17) is 9.15 Å². The molecule has 6 heteroatoms. The van der Waals surface area contributed by atoms with Gasteiger partial charge in [0.15, 0.2) is 0 Å². The van der Waals surface area contributed by atoms with Gasteiger partial charge in [0.2, 0.25) is 5.91 Å². The molecule has 1 aliphatic rings. The van der Waals surface area contributed by atoms with Crippen LogP contribution in [0, 0.1) is 11.3 Å². The second-order valence-corrected chi connectivity index (χ2v) is 6.68. The van der Waals surface area contributed by atoms with E-state index in [1.54, 1.807) is 18.4 Å². The van der Waals surface area contributed by atoms with Crippen LogP contribution in [0.25, 0.3) is 0 Å². The number of rotatable bonds is 9. The summed E-state index contributed by atoms with van der Waals surface area (Å²) in [6.07, 6.45) is 3.53. The zero-order chi connectivity index (χ0) is 16.9. The highest BCUT2D eigenvalue weighted by Gasteiger charge is 2.46. The fourth-order valence-corrected chi connectivity index (χ4v) is 2.73. The molecule has 1 fully saturated rings. The monoisotopic (exact) mass is 323 g/mol. The van der Waals surface area contributed by atoms with Crippen LogP contribution in [0.2, 0.25) is 0 Å². The summed E-state index contributed by atoms with van der Waals surface area (Å²) in [6.45, 7) is 4.99. The zero-order valence-corrected chi connectivity index (χ0v) is 13.7. The van der Waals surface area contributed by atoms with Gasteiger partial charge in [0.05, 0.1) is 18.3 Å². The number of amides is 1. The topological polar surface area (TPSA) is 88.8 Å². The Hall–Kier alpha value is -1.82. The Labute approximate surface area is 136 Å². The highest BCUT2D eigenvalue weighted by Crippen LogP contribution is 2.44. The van der Waals surface area contributed by atoms with Gasteiger partial charge < -0.3 is 19.6 Å². The lowest BCUT2D eigenvalue weighted by Crippen LogP contribution is -2.43. The molecular formula is C17H25NO5. The summed E-state index contributed by atoms with van der Waals surface area (Å²) in [7, 11) is 0. The summed E-state index contributed by atoms with van der Waals surface area (Å²) in [6, 6.07) is 3.13. The van der Waals surface area contributed by atoms with Crippen LogP contribution >= 0.6 is 0 Å². The van der Waals surface area contributed by atoms with Gasteiger partial charge in [-0.1, -0.05) is 20.3 Å². The Kier molecular flexibility index (Phi) is 5.82. The highest BCUT2D eigenvalue weighted by molar-refractivity contribution is 5.85. The molecular weight excluding hydrogens is 298 g/mol. The van der Waals surface area contributed by atoms with Crippen molar-refractivity contribution in [2.75, 3.05) is 13.2 Å². The second kappa shape index (κ2) is 7.64. The third kappa shape index (κ3) is 4.58. The minimum atomic E-state index is -0.892. The van der Waals surface area contributed by atoms with Crippen molar-refractivity contribution in [3.63, 3.8) is 0 Å². The number of aliphatic carboxylic acids is 1. The summed E-state index contributed by atoms with van der Waals surface area (Å²) in [5.74, 6) is -0.153. The van der Waals surface area contributed by atoms with E-state index in [-0.39, 0.29) is 12.3 Å². The van der Waals surface area contributed by atoms with Gasteiger partial charge in [-0.05, 0) is 30.9 Å². The van der Waals surface area contributed by atoms with Crippen molar-refractivity contribution in [1.29, 1.82) is 0 Å². The fraction of sp³-hybridized carbons (Fsp3) is 0.647. The standard InChI is InChI=1S/C17H25NO5/c1-12(2)10-22-11-13(14-5-3-8-23-14)18-15(19)9-17(16(20)21)6-4-7-17/h3,5,8,12-13H,4,6-7,9-11H2,1-2H3,(H,18,19)(H,20,21). The molecule has 2 rings (SSSR count). The maximum absolute atomic E-state index is 12.3. The largest absolute Gasteiger partial charge is 0.481 e. The van der Waals surface area contributed by atoms with Crippen molar-refractivity contribution in [2.24, 2.45) is 11.3 Å². The summed E-state index contributed by atoms with van der Waals surface area (Å²) in [5.41, 5.74) is -0.892. The van der Waals surface area contributed by atoms with Gasteiger partial charge in [-0.15, -0.1) is 0 Å². The van der Waals surface area contributed by atoms with Crippen LogP contribution in [0.5, 0.6) is 0 Å². The second-order valence-electron chi connectivity index (χ2n) is 6.68. The van der Waals surface area contributed by atoms with Crippen molar-refractivity contribution >= 4 is 11.9 Å². The van der Waals surface area contributed by atoms with Crippen molar-refractivity contribution in [2.45, 2.75) is 45.6 Å². The van der Waals surface area contributed by atoms with Crippen molar-refractivity contribution in [3.8, 4) is 0 Å². The molecule has 1 heterocycles. The van der Waals surface area contributed by atoms with Crippen molar-refractivity contribution in [3.05, 3.63) is 24.2 Å². The Balaban J connectivity index is 1.94. The molecule has 0 radical (unpaired) electrons. The number of ether oxygens (including phenoxy) is 1. The first-order valence-corrected chi connectivity index (χ1v) is 8.07. The highest BCUT2D eigenvalue weighted by atomic mass is 16.5. The molecule has 0 bridgehead atoms. The molecule has 1 aromatic heterocycles. The van der Waals surface area contributed by atoms with Crippen LogP contribution in [-0.2, 0) is 14.3 Å².